The van der Waals surface area contributed by atoms with E-state index in [1.165, 1.54) is 0 Å². The second-order valence-electron chi connectivity index (χ2n) is 6.23. The zero-order valence-corrected chi connectivity index (χ0v) is 14.6. The number of carbonyl (C=O) groups is 1. The maximum absolute atomic E-state index is 12.5. The zero-order chi connectivity index (χ0) is 18.8. The normalized spacial score (nSPS) is 10.9. The van der Waals surface area contributed by atoms with Crippen LogP contribution in [0.1, 0.15) is 21.5 Å². The molecule has 7 heteroatoms. The molecule has 27 heavy (non-hydrogen) atoms. The first-order chi connectivity index (χ1) is 13.1. The minimum absolute atomic E-state index is 0.180. The quantitative estimate of drug-likeness (QED) is 0.585. The van der Waals surface area contributed by atoms with Crippen LogP contribution in [0.25, 0.3) is 16.7 Å². The highest BCUT2D eigenvalue weighted by atomic mass is 16.1. The Labute approximate surface area is 154 Å². The summed E-state index contributed by atoms with van der Waals surface area (Å²) in [7, 11) is 0. The number of carbonyl (C=O) groups excluding carboxylic acids is 1. The summed E-state index contributed by atoms with van der Waals surface area (Å²) in [6, 6.07) is 12.4. The summed E-state index contributed by atoms with van der Waals surface area (Å²) in [5.74, 6) is 0.474. The number of H-pyrrole nitrogens is 1. The van der Waals surface area contributed by atoms with Gasteiger partial charge in [-0.05, 0) is 48.4 Å². The number of pyridine rings is 2. The van der Waals surface area contributed by atoms with Gasteiger partial charge >= 0.3 is 0 Å². The molecule has 0 aliphatic heterocycles. The Morgan fingerprint density at radius 3 is 2.89 bits per heavy atom. The highest BCUT2D eigenvalue weighted by Crippen LogP contribution is 2.16. The Morgan fingerprint density at radius 2 is 2.07 bits per heavy atom. The van der Waals surface area contributed by atoms with E-state index in [0.717, 1.165) is 16.5 Å². The number of aromatic nitrogens is 4. The van der Waals surface area contributed by atoms with Gasteiger partial charge in [-0.15, -0.1) is 0 Å². The van der Waals surface area contributed by atoms with Crippen LogP contribution in [0, 0.1) is 6.92 Å². The number of rotatable bonds is 4. The fourth-order valence-electron chi connectivity index (χ4n) is 2.96. The Balaban J connectivity index is 1.52. The van der Waals surface area contributed by atoms with E-state index in [9.17, 15) is 9.59 Å². The standard InChI is InChI=1S/C20H17N5O2/c1-13-9-19(26)24-17-11-15(3-4-16(13)17)20(27)22-12-14-5-7-21-18(10-14)25-8-2-6-23-25/h2-11H,12H2,1H3,(H,22,27)(H,24,26). The number of nitrogens with zero attached hydrogens (tertiary/aromatic N) is 3. The zero-order valence-electron chi connectivity index (χ0n) is 14.6. The molecule has 4 rings (SSSR count). The third kappa shape index (κ3) is 3.48. The molecule has 0 spiro atoms. The second-order valence-corrected chi connectivity index (χ2v) is 6.23. The third-order valence-corrected chi connectivity index (χ3v) is 4.31. The van der Waals surface area contributed by atoms with Crippen molar-refractivity contribution in [1.82, 2.24) is 25.1 Å². The summed E-state index contributed by atoms with van der Waals surface area (Å²) >= 11 is 0. The lowest BCUT2D eigenvalue weighted by atomic mass is 10.1. The topological polar surface area (TPSA) is 92.7 Å². The van der Waals surface area contributed by atoms with Crippen molar-refractivity contribution in [3.63, 3.8) is 0 Å². The molecule has 0 saturated heterocycles. The van der Waals surface area contributed by atoms with Crippen molar-refractivity contribution >= 4 is 16.8 Å². The van der Waals surface area contributed by atoms with Crippen LogP contribution >= 0.6 is 0 Å². The van der Waals surface area contributed by atoms with Gasteiger partial charge < -0.3 is 10.3 Å². The van der Waals surface area contributed by atoms with Gasteiger partial charge in [-0.1, -0.05) is 6.07 Å². The maximum Gasteiger partial charge on any atom is 0.251 e. The average molecular weight is 359 g/mol. The van der Waals surface area contributed by atoms with Gasteiger partial charge in [-0.25, -0.2) is 9.67 Å². The molecular formula is C20H17N5O2. The van der Waals surface area contributed by atoms with Crippen LogP contribution in [-0.4, -0.2) is 25.7 Å². The van der Waals surface area contributed by atoms with Gasteiger partial charge in [0.25, 0.3) is 5.91 Å². The van der Waals surface area contributed by atoms with Crippen LogP contribution in [0.2, 0.25) is 0 Å². The monoisotopic (exact) mass is 359 g/mol. The largest absolute Gasteiger partial charge is 0.348 e. The first kappa shape index (κ1) is 16.7. The van der Waals surface area contributed by atoms with Gasteiger partial charge in [0.05, 0.1) is 0 Å². The summed E-state index contributed by atoms with van der Waals surface area (Å²) in [4.78, 5) is 31.2. The first-order valence-electron chi connectivity index (χ1n) is 8.47. The molecule has 0 radical (unpaired) electrons. The highest BCUT2D eigenvalue weighted by Gasteiger charge is 2.09. The summed E-state index contributed by atoms with van der Waals surface area (Å²) in [5, 5.41) is 7.97. The fraction of sp³-hybridized carbons (Fsp3) is 0.100. The number of benzene rings is 1. The molecule has 2 N–H and O–H groups in total. The molecule has 3 aromatic heterocycles. The lowest BCUT2D eigenvalue weighted by Crippen LogP contribution is -2.23. The maximum atomic E-state index is 12.5. The van der Waals surface area contributed by atoms with E-state index < -0.39 is 0 Å². The molecule has 0 unspecified atom stereocenters. The highest BCUT2D eigenvalue weighted by molar-refractivity contribution is 5.98. The molecule has 134 valence electrons. The number of nitrogens with one attached hydrogen (secondary N) is 2. The fourth-order valence-corrected chi connectivity index (χ4v) is 2.96. The molecule has 0 aliphatic rings. The van der Waals surface area contributed by atoms with Crippen molar-refractivity contribution in [3.8, 4) is 5.82 Å². The molecule has 4 aromatic rings. The van der Waals surface area contributed by atoms with Crippen LogP contribution in [0.4, 0.5) is 0 Å². The van der Waals surface area contributed by atoms with Crippen molar-refractivity contribution in [2.24, 2.45) is 0 Å². The van der Waals surface area contributed by atoms with E-state index in [1.807, 2.05) is 37.4 Å². The minimum Gasteiger partial charge on any atom is -0.348 e. The molecule has 0 atom stereocenters. The number of hydrogen-bond acceptors (Lipinski definition) is 4. The molecule has 0 bridgehead atoms. The van der Waals surface area contributed by atoms with Crippen molar-refractivity contribution in [1.29, 1.82) is 0 Å². The summed E-state index contributed by atoms with van der Waals surface area (Å²) < 4.78 is 1.66. The Morgan fingerprint density at radius 1 is 1.19 bits per heavy atom. The van der Waals surface area contributed by atoms with E-state index >= 15 is 0 Å². The van der Waals surface area contributed by atoms with Crippen LogP contribution in [0.3, 0.4) is 0 Å². The molecular weight excluding hydrogens is 342 g/mol. The number of amides is 1. The Hall–Kier alpha value is -3.74. The summed E-state index contributed by atoms with van der Waals surface area (Å²) in [6.07, 6.45) is 5.17. The first-order valence-corrected chi connectivity index (χ1v) is 8.47. The molecule has 7 nitrogen and oxygen atoms in total. The average Bonchev–Trinajstić information content (AvgIpc) is 3.20. The van der Waals surface area contributed by atoms with Crippen molar-refractivity contribution < 1.29 is 4.79 Å². The third-order valence-electron chi connectivity index (χ3n) is 4.31. The molecule has 0 fully saturated rings. The lowest BCUT2D eigenvalue weighted by Gasteiger charge is -2.08. The number of aromatic amines is 1. The van der Waals surface area contributed by atoms with Gasteiger partial charge in [0.1, 0.15) is 0 Å². The van der Waals surface area contributed by atoms with E-state index in [2.05, 4.69) is 20.4 Å². The molecule has 0 saturated carbocycles. The number of aryl methyl sites for hydroxylation is 1. The lowest BCUT2D eigenvalue weighted by molar-refractivity contribution is 0.0951. The smallest absolute Gasteiger partial charge is 0.251 e. The summed E-state index contributed by atoms with van der Waals surface area (Å²) in [5.41, 5.74) is 2.75. The minimum atomic E-state index is -0.211. The van der Waals surface area contributed by atoms with E-state index in [1.54, 1.807) is 35.3 Å². The van der Waals surface area contributed by atoms with Crippen LogP contribution in [-0.2, 0) is 6.54 Å². The Bertz CT molecular complexity index is 1180. The van der Waals surface area contributed by atoms with Crippen molar-refractivity contribution in [2.45, 2.75) is 13.5 Å². The van der Waals surface area contributed by atoms with E-state index in [4.69, 9.17) is 0 Å². The van der Waals surface area contributed by atoms with Gasteiger partial charge in [-0.2, -0.15) is 5.10 Å². The van der Waals surface area contributed by atoms with Crippen molar-refractivity contribution in [3.05, 3.63) is 88.1 Å². The van der Waals surface area contributed by atoms with Crippen LogP contribution in [0.5, 0.6) is 0 Å². The number of fused-ring (bicyclic) bond motifs is 1. The van der Waals surface area contributed by atoms with Gasteiger partial charge in [0.2, 0.25) is 5.56 Å². The van der Waals surface area contributed by atoms with Gasteiger partial charge in [0.15, 0.2) is 5.82 Å². The van der Waals surface area contributed by atoms with E-state index in [-0.39, 0.29) is 11.5 Å². The molecule has 0 aliphatic carbocycles. The molecule has 1 amide bonds. The predicted molar refractivity (Wildman–Crippen MR) is 102 cm³/mol. The summed E-state index contributed by atoms with van der Waals surface area (Å²) in [6.45, 7) is 2.23. The SMILES string of the molecule is Cc1cc(=O)[nH]c2cc(C(=O)NCc3ccnc(-n4cccn4)c3)ccc12. The second kappa shape index (κ2) is 6.87. The van der Waals surface area contributed by atoms with Crippen LogP contribution in [0.15, 0.2) is 65.8 Å². The Kier molecular flexibility index (Phi) is 4.25. The molecule has 3 heterocycles. The van der Waals surface area contributed by atoms with Crippen molar-refractivity contribution in [2.75, 3.05) is 0 Å². The molecule has 1 aromatic carbocycles. The van der Waals surface area contributed by atoms with Gasteiger partial charge in [-0.3, -0.25) is 9.59 Å². The van der Waals surface area contributed by atoms with Gasteiger partial charge in [0, 0.05) is 47.7 Å². The predicted octanol–water partition coefficient (Wildman–Crippen LogP) is 2.35. The van der Waals surface area contributed by atoms with Crippen LogP contribution < -0.4 is 10.9 Å². The number of hydrogen-bond donors (Lipinski definition) is 2. The van der Waals surface area contributed by atoms with E-state index in [0.29, 0.717) is 23.4 Å².